The molecular formula is C42H52Br3Cl2N7. The molecule has 0 spiro atoms. The Morgan fingerprint density at radius 1 is 0.556 bits per heavy atom. The fraction of sp³-hybridized carbons (Fsp3) is 0.357. The van der Waals surface area contributed by atoms with Gasteiger partial charge in [-0.1, -0.05) is 93.3 Å². The van der Waals surface area contributed by atoms with Gasteiger partial charge in [0.1, 0.15) is 0 Å². The molecule has 3 aromatic carbocycles. The Hall–Kier alpha value is -2.57. The highest BCUT2D eigenvalue weighted by molar-refractivity contribution is 9.11. The van der Waals surface area contributed by atoms with E-state index in [1.165, 1.54) is 23.9 Å². The fourth-order valence-corrected chi connectivity index (χ4v) is 8.27. The first kappa shape index (κ1) is 45.8. The zero-order chi connectivity index (χ0) is 35.9. The molecule has 290 valence electrons. The number of hydrogen-bond donors (Lipinski definition) is 2. The Kier molecular flexibility index (Phi) is 18.4. The Bertz CT molecular complexity index is 2100. The van der Waals surface area contributed by atoms with E-state index in [2.05, 4.69) is 114 Å². The van der Waals surface area contributed by atoms with E-state index in [-0.39, 0.29) is 22.3 Å². The summed E-state index contributed by atoms with van der Waals surface area (Å²) in [6.07, 6.45) is 10.1. The van der Waals surface area contributed by atoms with Crippen molar-refractivity contribution in [2.45, 2.75) is 60.0 Å². The standard InChI is InChI=1S/C15H17BrClN3.C15H18BrN3.C9H5BrClN.3CH4/c1-18-11-4-6-20(7-5-11)15-12-8-10(16)2-3-14(12)19-9-13(15)17;1-17-12-5-8-19(9-6-12)15-4-7-18-14-3-2-11(16)10-13(14)15;10-6-1-2-9-7(5-6)8(11)3-4-12-9;;;/h2-3,8-9,11,18H,4-7H2,1H3;2-4,7,10,12,17H,5-6,8-9H2,1H3;1-5H;3*1H4. The molecule has 2 aliphatic rings. The zero-order valence-corrected chi connectivity index (χ0v) is 34.8. The number of rotatable bonds is 4. The van der Waals surface area contributed by atoms with Gasteiger partial charge in [-0.3, -0.25) is 15.0 Å². The van der Waals surface area contributed by atoms with Crippen LogP contribution in [0.3, 0.4) is 0 Å². The van der Waals surface area contributed by atoms with Crippen LogP contribution in [0.1, 0.15) is 48.0 Å². The van der Waals surface area contributed by atoms with Crippen molar-refractivity contribution in [2.75, 3.05) is 50.1 Å². The minimum atomic E-state index is 0. The largest absolute Gasteiger partial charge is 0.371 e. The van der Waals surface area contributed by atoms with Gasteiger partial charge in [-0.25, -0.2) is 0 Å². The van der Waals surface area contributed by atoms with Crippen molar-refractivity contribution in [2.24, 2.45) is 0 Å². The van der Waals surface area contributed by atoms with Gasteiger partial charge in [0.25, 0.3) is 0 Å². The topological polar surface area (TPSA) is 69.2 Å². The van der Waals surface area contributed by atoms with E-state index in [1.807, 2.05) is 49.6 Å². The molecule has 0 bridgehead atoms. The number of aromatic nitrogens is 3. The van der Waals surface area contributed by atoms with Gasteiger partial charge >= 0.3 is 0 Å². The minimum Gasteiger partial charge on any atom is -0.371 e. The highest BCUT2D eigenvalue weighted by Crippen LogP contribution is 2.36. The van der Waals surface area contributed by atoms with Gasteiger partial charge < -0.3 is 20.4 Å². The van der Waals surface area contributed by atoms with Crippen molar-refractivity contribution < 1.29 is 0 Å². The maximum atomic E-state index is 6.42. The molecule has 7 nitrogen and oxygen atoms in total. The lowest BCUT2D eigenvalue weighted by Gasteiger charge is -2.34. The molecule has 2 aliphatic heterocycles. The van der Waals surface area contributed by atoms with Crippen molar-refractivity contribution in [3.8, 4) is 0 Å². The van der Waals surface area contributed by atoms with Gasteiger partial charge in [-0.15, -0.1) is 0 Å². The second-order valence-corrected chi connectivity index (χ2v) is 16.2. The molecule has 2 fully saturated rings. The molecule has 5 heterocycles. The number of nitrogens with one attached hydrogen (secondary N) is 2. The molecule has 12 heteroatoms. The van der Waals surface area contributed by atoms with Gasteiger partial charge in [-0.2, -0.15) is 0 Å². The number of nitrogens with zero attached hydrogens (tertiary/aromatic N) is 5. The quantitative estimate of drug-likeness (QED) is 0.182. The molecule has 3 aromatic heterocycles. The molecule has 2 saturated heterocycles. The summed E-state index contributed by atoms with van der Waals surface area (Å²) in [7, 11) is 4.09. The molecule has 0 saturated carbocycles. The Balaban J connectivity index is 0.000000218. The van der Waals surface area contributed by atoms with E-state index < -0.39 is 0 Å². The SMILES string of the molecule is C.C.C.CNC1CCN(c2c(Cl)cnc3ccc(Br)cc23)CC1.CNC1CCN(c2ccnc3ccc(Br)cc23)CC1.Clc1ccnc2ccc(Br)cc12. The molecule has 0 unspecified atom stereocenters. The van der Waals surface area contributed by atoms with Crippen LogP contribution in [0.5, 0.6) is 0 Å². The predicted molar refractivity (Wildman–Crippen MR) is 247 cm³/mol. The maximum Gasteiger partial charge on any atom is 0.0829 e. The highest BCUT2D eigenvalue weighted by atomic mass is 79.9. The number of hydrogen-bond acceptors (Lipinski definition) is 7. The van der Waals surface area contributed by atoms with Crippen LogP contribution in [0.2, 0.25) is 10.0 Å². The van der Waals surface area contributed by atoms with Crippen molar-refractivity contribution >= 4 is 115 Å². The first-order valence-corrected chi connectivity index (χ1v) is 20.2. The first-order valence-electron chi connectivity index (χ1n) is 17.1. The summed E-state index contributed by atoms with van der Waals surface area (Å²) < 4.78 is 3.18. The maximum absolute atomic E-state index is 6.42. The molecule has 6 aromatic rings. The van der Waals surface area contributed by atoms with Crippen molar-refractivity contribution in [1.29, 1.82) is 0 Å². The van der Waals surface area contributed by atoms with Crippen molar-refractivity contribution in [3.63, 3.8) is 0 Å². The lowest BCUT2D eigenvalue weighted by molar-refractivity contribution is 0.443. The average molecular weight is 966 g/mol. The minimum absolute atomic E-state index is 0. The van der Waals surface area contributed by atoms with E-state index in [1.54, 1.807) is 18.5 Å². The van der Waals surface area contributed by atoms with Gasteiger partial charge in [0.2, 0.25) is 0 Å². The Morgan fingerprint density at radius 3 is 1.54 bits per heavy atom. The second-order valence-electron chi connectivity index (χ2n) is 12.7. The van der Waals surface area contributed by atoms with Crippen molar-refractivity contribution in [3.05, 3.63) is 109 Å². The summed E-state index contributed by atoms with van der Waals surface area (Å²) in [6, 6.07) is 23.5. The number of pyridine rings is 3. The van der Waals surface area contributed by atoms with Crippen LogP contribution in [0.15, 0.2) is 98.7 Å². The third kappa shape index (κ3) is 11.3. The summed E-state index contributed by atoms with van der Waals surface area (Å²) >= 11 is 22.9. The highest BCUT2D eigenvalue weighted by Gasteiger charge is 2.22. The van der Waals surface area contributed by atoms with E-state index >= 15 is 0 Å². The zero-order valence-electron chi connectivity index (χ0n) is 28.5. The summed E-state index contributed by atoms with van der Waals surface area (Å²) in [6.45, 7) is 4.27. The van der Waals surface area contributed by atoms with Gasteiger partial charge in [0, 0.05) is 92.1 Å². The van der Waals surface area contributed by atoms with Gasteiger partial charge in [-0.05, 0) is 107 Å². The van der Waals surface area contributed by atoms with E-state index in [9.17, 15) is 0 Å². The van der Waals surface area contributed by atoms with Gasteiger partial charge in [0.05, 0.1) is 32.3 Å². The van der Waals surface area contributed by atoms with Crippen LogP contribution in [-0.2, 0) is 0 Å². The smallest absolute Gasteiger partial charge is 0.0829 e. The molecule has 0 aliphatic carbocycles. The van der Waals surface area contributed by atoms with Crippen molar-refractivity contribution in [1.82, 2.24) is 25.6 Å². The number of halogens is 5. The predicted octanol–water partition coefficient (Wildman–Crippen LogP) is 12.6. The van der Waals surface area contributed by atoms with Crippen LogP contribution >= 0.6 is 71.0 Å². The molecule has 0 radical (unpaired) electrons. The van der Waals surface area contributed by atoms with Crippen LogP contribution in [0.25, 0.3) is 32.7 Å². The second kappa shape index (κ2) is 21.7. The number of fused-ring (bicyclic) bond motifs is 3. The number of piperidine rings is 2. The molecular weight excluding hydrogens is 913 g/mol. The Labute approximate surface area is 357 Å². The lowest BCUT2D eigenvalue weighted by Crippen LogP contribution is -2.41. The first-order chi connectivity index (χ1) is 24.7. The van der Waals surface area contributed by atoms with E-state index in [0.717, 1.165) is 95.5 Å². The number of anilines is 2. The molecule has 2 N–H and O–H groups in total. The molecule has 8 rings (SSSR count). The van der Waals surface area contributed by atoms with Crippen LogP contribution < -0.4 is 20.4 Å². The normalized spacial score (nSPS) is 14.6. The summed E-state index contributed by atoms with van der Waals surface area (Å²) in [5, 5.41) is 11.5. The summed E-state index contributed by atoms with van der Waals surface area (Å²) in [5.41, 5.74) is 5.40. The third-order valence-electron chi connectivity index (χ3n) is 9.55. The third-order valence-corrected chi connectivity index (χ3v) is 11.6. The Morgan fingerprint density at radius 2 is 1.00 bits per heavy atom. The molecule has 54 heavy (non-hydrogen) atoms. The summed E-state index contributed by atoms with van der Waals surface area (Å²) in [4.78, 5) is 17.9. The van der Waals surface area contributed by atoms with Crippen LogP contribution in [0, 0.1) is 0 Å². The van der Waals surface area contributed by atoms with E-state index in [0.29, 0.717) is 12.1 Å². The van der Waals surface area contributed by atoms with E-state index in [4.69, 9.17) is 23.2 Å². The monoisotopic (exact) mass is 961 g/mol. The molecule has 0 atom stereocenters. The fourth-order valence-electron chi connectivity index (χ4n) is 6.71. The number of benzene rings is 3. The average Bonchev–Trinajstić information content (AvgIpc) is 3.15. The van der Waals surface area contributed by atoms with Crippen LogP contribution in [0.4, 0.5) is 11.4 Å². The molecule has 0 amide bonds. The van der Waals surface area contributed by atoms with Crippen LogP contribution in [-0.4, -0.2) is 67.3 Å². The van der Waals surface area contributed by atoms with Gasteiger partial charge in [0.15, 0.2) is 0 Å². The lowest BCUT2D eigenvalue weighted by atomic mass is 10.0. The summed E-state index contributed by atoms with van der Waals surface area (Å²) in [5.74, 6) is 0.